The zero-order chi connectivity index (χ0) is 8.81. The zero-order valence-corrected chi connectivity index (χ0v) is 8.98. The SMILES string of the molecule is COCCN[C@@H]1CCCC[C@H]1O.Cl. The molecule has 1 aliphatic carbocycles. The minimum Gasteiger partial charge on any atom is -0.392 e. The molecule has 0 aliphatic heterocycles. The van der Waals surface area contributed by atoms with Crippen LogP contribution in [0, 0.1) is 0 Å². The Hall–Kier alpha value is 0.170. The van der Waals surface area contributed by atoms with Gasteiger partial charge in [0.05, 0.1) is 12.7 Å². The number of rotatable bonds is 4. The summed E-state index contributed by atoms with van der Waals surface area (Å²) in [7, 11) is 1.69. The first-order valence-corrected chi connectivity index (χ1v) is 4.75. The van der Waals surface area contributed by atoms with Crippen molar-refractivity contribution in [1.29, 1.82) is 0 Å². The van der Waals surface area contributed by atoms with E-state index in [0.717, 1.165) is 26.0 Å². The van der Waals surface area contributed by atoms with Gasteiger partial charge in [-0.15, -0.1) is 12.4 Å². The Balaban J connectivity index is 0.00000144. The van der Waals surface area contributed by atoms with Crippen LogP contribution in [0.1, 0.15) is 25.7 Å². The quantitative estimate of drug-likeness (QED) is 0.678. The molecule has 1 saturated carbocycles. The zero-order valence-electron chi connectivity index (χ0n) is 8.16. The highest BCUT2D eigenvalue weighted by molar-refractivity contribution is 5.85. The molecule has 0 aromatic carbocycles. The van der Waals surface area contributed by atoms with Crippen LogP contribution in [0.4, 0.5) is 0 Å². The van der Waals surface area contributed by atoms with Crippen LogP contribution in [0.5, 0.6) is 0 Å². The summed E-state index contributed by atoms with van der Waals surface area (Å²) in [4.78, 5) is 0. The minimum absolute atomic E-state index is 0. The second-order valence-electron chi connectivity index (χ2n) is 3.41. The van der Waals surface area contributed by atoms with E-state index in [9.17, 15) is 5.11 Å². The highest BCUT2D eigenvalue weighted by atomic mass is 35.5. The van der Waals surface area contributed by atoms with E-state index >= 15 is 0 Å². The van der Waals surface area contributed by atoms with Crippen molar-refractivity contribution in [3.05, 3.63) is 0 Å². The summed E-state index contributed by atoms with van der Waals surface area (Å²) in [6, 6.07) is 0.300. The largest absolute Gasteiger partial charge is 0.392 e. The van der Waals surface area contributed by atoms with Crippen molar-refractivity contribution in [2.45, 2.75) is 37.8 Å². The number of hydrogen-bond donors (Lipinski definition) is 2. The van der Waals surface area contributed by atoms with E-state index in [1.165, 1.54) is 12.8 Å². The number of aliphatic hydroxyl groups excluding tert-OH is 1. The van der Waals surface area contributed by atoms with E-state index in [0.29, 0.717) is 6.04 Å². The van der Waals surface area contributed by atoms with Crippen LogP contribution in [0.3, 0.4) is 0 Å². The Morgan fingerprint density at radius 1 is 1.38 bits per heavy atom. The molecule has 0 spiro atoms. The van der Waals surface area contributed by atoms with Gasteiger partial charge in [-0.3, -0.25) is 0 Å². The van der Waals surface area contributed by atoms with Crippen molar-refractivity contribution in [2.24, 2.45) is 0 Å². The third-order valence-electron chi connectivity index (χ3n) is 2.44. The Morgan fingerprint density at radius 3 is 2.69 bits per heavy atom. The molecule has 0 amide bonds. The number of hydrogen-bond acceptors (Lipinski definition) is 3. The predicted molar refractivity (Wildman–Crippen MR) is 55.4 cm³/mol. The Labute approximate surface area is 86.3 Å². The molecule has 1 fully saturated rings. The summed E-state index contributed by atoms with van der Waals surface area (Å²) in [5, 5.41) is 12.9. The molecule has 1 aliphatic rings. The molecule has 3 nitrogen and oxygen atoms in total. The lowest BCUT2D eigenvalue weighted by molar-refractivity contribution is 0.0857. The van der Waals surface area contributed by atoms with Gasteiger partial charge in [0.25, 0.3) is 0 Å². The molecule has 80 valence electrons. The lowest BCUT2D eigenvalue weighted by atomic mass is 9.93. The van der Waals surface area contributed by atoms with Crippen LogP contribution in [0.25, 0.3) is 0 Å². The van der Waals surface area contributed by atoms with Crippen molar-refractivity contribution in [1.82, 2.24) is 5.32 Å². The van der Waals surface area contributed by atoms with Crippen LogP contribution in [-0.2, 0) is 4.74 Å². The van der Waals surface area contributed by atoms with Crippen LogP contribution >= 0.6 is 12.4 Å². The monoisotopic (exact) mass is 209 g/mol. The summed E-state index contributed by atoms with van der Waals surface area (Å²) < 4.78 is 4.92. The number of nitrogens with one attached hydrogen (secondary N) is 1. The Bertz CT molecular complexity index is 124. The van der Waals surface area contributed by atoms with Crippen molar-refractivity contribution < 1.29 is 9.84 Å². The lowest BCUT2D eigenvalue weighted by Gasteiger charge is -2.28. The molecule has 4 heteroatoms. The predicted octanol–water partition coefficient (Wildman–Crippen LogP) is 0.948. The van der Waals surface area contributed by atoms with Crippen LogP contribution < -0.4 is 5.32 Å². The summed E-state index contributed by atoms with van der Waals surface area (Å²) >= 11 is 0. The lowest BCUT2D eigenvalue weighted by Crippen LogP contribution is -2.43. The standard InChI is InChI=1S/C9H19NO2.ClH/c1-12-7-6-10-8-4-2-3-5-9(8)11;/h8-11H,2-7H2,1H3;1H/t8-,9-;/m1./s1. The van der Waals surface area contributed by atoms with Gasteiger partial charge >= 0.3 is 0 Å². The van der Waals surface area contributed by atoms with Crippen molar-refractivity contribution in [3.8, 4) is 0 Å². The maximum Gasteiger partial charge on any atom is 0.0693 e. The molecule has 0 aromatic rings. The number of aliphatic hydroxyl groups is 1. The van der Waals surface area contributed by atoms with E-state index in [4.69, 9.17) is 4.74 Å². The first-order valence-electron chi connectivity index (χ1n) is 4.75. The molecule has 0 unspecified atom stereocenters. The second kappa shape index (κ2) is 7.56. The fraction of sp³-hybridized carbons (Fsp3) is 1.00. The Morgan fingerprint density at radius 2 is 2.08 bits per heavy atom. The summed E-state index contributed by atoms with van der Waals surface area (Å²) in [5.41, 5.74) is 0. The van der Waals surface area contributed by atoms with Gasteiger partial charge in [0.15, 0.2) is 0 Å². The number of halogens is 1. The van der Waals surface area contributed by atoms with Crippen molar-refractivity contribution in [2.75, 3.05) is 20.3 Å². The third-order valence-corrected chi connectivity index (χ3v) is 2.44. The number of ether oxygens (including phenoxy) is 1. The summed E-state index contributed by atoms with van der Waals surface area (Å²) in [6.45, 7) is 1.57. The van der Waals surface area contributed by atoms with Gasteiger partial charge in [-0.1, -0.05) is 12.8 Å². The van der Waals surface area contributed by atoms with Crippen molar-refractivity contribution in [3.63, 3.8) is 0 Å². The maximum absolute atomic E-state index is 9.56. The van der Waals surface area contributed by atoms with Crippen LogP contribution in [0.2, 0.25) is 0 Å². The van der Waals surface area contributed by atoms with E-state index in [1.807, 2.05) is 0 Å². The highest BCUT2D eigenvalue weighted by Gasteiger charge is 2.21. The smallest absolute Gasteiger partial charge is 0.0693 e. The molecule has 13 heavy (non-hydrogen) atoms. The van der Waals surface area contributed by atoms with E-state index < -0.39 is 0 Å². The van der Waals surface area contributed by atoms with Gasteiger partial charge in [-0.05, 0) is 12.8 Å². The van der Waals surface area contributed by atoms with Gasteiger partial charge in [-0.2, -0.15) is 0 Å². The molecule has 0 saturated heterocycles. The van der Waals surface area contributed by atoms with Crippen LogP contribution in [-0.4, -0.2) is 37.5 Å². The molecular weight excluding hydrogens is 190 g/mol. The first-order chi connectivity index (χ1) is 5.84. The van der Waals surface area contributed by atoms with Gasteiger partial charge in [0.1, 0.15) is 0 Å². The third kappa shape index (κ3) is 4.81. The van der Waals surface area contributed by atoms with E-state index in [1.54, 1.807) is 7.11 Å². The fourth-order valence-electron chi connectivity index (χ4n) is 1.70. The van der Waals surface area contributed by atoms with E-state index in [2.05, 4.69) is 5.32 Å². The highest BCUT2D eigenvalue weighted by Crippen LogP contribution is 2.17. The Kier molecular flexibility index (Phi) is 7.66. The molecule has 1 rings (SSSR count). The van der Waals surface area contributed by atoms with Gasteiger partial charge in [0, 0.05) is 19.7 Å². The molecule has 0 aromatic heterocycles. The van der Waals surface area contributed by atoms with Gasteiger partial charge in [0.2, 0.25) is 0 Å². The molecule has 0 bridgehead atoms. The maximum atomic E-state index is 9.56. The summed E-state index contributed by atoms with van der Waals surface area (Å²) in [6.07, 6.45) is 4.32. The average Bonchev–Trinajstić information content (AvgIpc) is 2.09. The van der Waals surface area contributed by atoms with Crippen molar-refractivity contribution >= 4 is 12.4 Å². The minimum atomic E-state index is -0.143. The van der Waals surface area contributed by atoms with Gasteiger partial charge < -0.3 is 15.2 Å². The molecule has 0 radical (unpaired) electrons. The molecular formula is C9H20ClNO2. The van der Waals surface area contributed by atoms with E-state index in [-0.39, 0.29) is 18.5 Å². The first kappa shape index (κ1) is 13.2. The molecule has 2 N–H and O–H groups in total. The molecule has 0 heterocycles. The number of methoxy groups -OCH3 is 1. The summed E-state index contributed by atoms with van der Waals surface area (Å²) in [5.74, 6) is 0. The normalized spacial score (nSPS) is 28.2. The molecule has 2 atom stereocenters. The average molecular weight is 210 g/mol. The fourth-order valence-corrected chi connectivity index (χ4v) is 1.70. The topological polar surface area (TPSA) is 41.5 Å². The van der Waals surface area contributed by atoms with Gasteiger partial charge in [-0.25, -0.2) is 0 Å². The van der Waals surface area contributed by atoms with Crippen LogP contribution in [0.15, 0.2) is 0 Å². The second-order valence-corrected chi connectivity index (χ2v) is 3.41.